The molecule has 2 aliphatic rings. The van der Waals surface area contributed by atoms with Crippen LogP contribution in [0.1, 0.15) is 54.8 Å². The molecule has 2 aliphatic carbocycles. The van der Waals surface area contributed by atoms with Crippen LogP contribution in [0.4, 0.5) is 17.6 Å². The molecular weight excluding hydrogens is 450 g/mol. The number of rotatable bonds is 4. The minimum atomic E-state index is -4.55. The number of nitrogens with zero attached hydrogens (tertiary/aromatic N) is 3. The van der Waals surface area contributed by atoms with Gasteiger partial charge in [-0.2, -0.15) is 18.3 Å². The standard InChI is InChI=1S/C25H23F4N3O2/c1-23-12-15-14-31-32(19-4-2-18(26)3-5-19)21(15)11-16(23)6-8-24(23,34)13-22(33)20-10-17(7-9-30-20)25(27,28)29/h2-5,7,9-11,14,22,33-34H,6,8,12-13H2,1H3/t22?,23-,24+/m0/s1. The first-order valence-electron chi connectivity index (χ1n) is 11.0. The smallest absolute Gasteiger partial charge is 0.389 e. The van der Waals surface area contributed by atoms with Crippen LogP contribution in [0.15, 0.2) is 54.4 Å². The monoisotopic (exact) mass is 473 g/mol. The molecule has 34 heavy (non-hydrogen) atoms. The summed E-state index contributed by atoms with van der Waals surface area (Å²) < 4.78 is 54.3. The van der Waals surface area contributed by atoms with Crippen LogP contribution >= 0.6 is 0 Å². The van der Waals surface area contributed by atoms with Crippen molar-refractivity contribution in [1.82, 2.24) is 14.8 Å². The van der Waals surface area contributed by atoms with Gasteiger partial charge in [0.25, 0.3) is 0 Å². The van der Waals surface area contributed by atoms with Gasteiger partial charge in [0.1, 0.15) is 5.82 Å². The molecule has 0 saturated heterocycles. The maximum atomic E-state index is 13.3. The Kier molecular flexibility index (Phi) is 5.18. The van der Waals surface area contributed by atoms with Gasteiger partial charge in [0.05, 0.1) is 40.5 Å². The fourth-order valence-electron chi connectivity index (χ4n) is 5.28. The predicted molar refractivity (Wildman–Crippen MR) is 116 cm³/mol. The van der Waals surface area contributed by atoms with Crippen molar-refractivity contribution in [3.8, 4) is 5.69 Å². The quantitative estimate of drug-likeness (QED) is 0.522. The largest absolute Gasteiger partial charge is 0.416 e. The van der Waals surface area contributed by atoms with Crippen molar-refractivity contribution in [2.24, 2.45) is 5.41 Å². The molecule has 2 heterocycles. The number of fused-ring (bicyclic) bond motifs is 2. The number of aliphatic hydroxyl groups is 2. The van der Waals surface area contributed by atoms with Crippen LogP contribution in [0.25, 0.3) is 11.8 Å². The third-order valence-corrected chi connectivity index (χ3v) is 7.34. The number of hydrogen-bond donors (Lipinski definition) is 2. The SMILES string of the molecule is C[C@]12Cc3cnn(-c4ccc(F)cc4)c3C=C1CC[C@@]2(O)CC(O)c1cc(C(F)(F)F)ccn1. The summed E-state index contributed by atoms with van der Waals surface area (Å²) in [5.41, 5.74) is 0.356. The number of hydrogen-bond acceptors (Lipinski definition) is 4. The summed E-state index contributed by atoms with van der Waals surface area (Å²) >= 11 is 0. The zero-order valence-corrected chi connectivity index (χ0v) is 18.3. The van der Waals surface area contributed by atoms with Crippen molar-refractivity contribution < 1.29 is 27.8 Å². The van der Waals surface area contributed by atoms with Gasteiger partial charge < -0.3 is 10.2 Å². The van der Waals surface area contributed by atoms with Crippen molar-refractivity contribution in [3.05, 3.63) is 82.7 Å². The molecule has 1 saturated carbocycles. The Morgan fingerprint density at radius 3 is 2.62 bits per heavy atom. The molecule has 9 heteroatoms. The summed E-state index contributed by atoms with van der Waals surface area (Å²) in [7, 11) is 0. The molecule has 3 aromatic rings. The van der Waals surface area contributed by atoms with E-state index in [1.54, 1.807) is 23.0 Å². The highest BCUT2D eigenvalue weighted by Crippen LogP contribution is 2.57. The van der Waals surface area contributed by atoms with E-state index in [0.717, 1.165) is 35.2 Å². The molecule has 178 valence electrons. The first-order valence-corrected chi connectivity index (χ1v) is 11.0. The summed E-state index contributed by atoms with van der Waals surface area (Å²) in [6.07, 6.45) is 0.0432. The molecule has 0 radical (unpaired) electrons. The zero-order valence-electron chi connectivity index (χ0n) is 18.3. The van der Waals surface area contributed by atoms with Gasteiger partial charge in [-0.05, 0) is 67.3 Å². The van der Waals surface area contributed by atoms with Gasteiger partial charge in [0, 0.05) is 18.0 Å². The second-order valence-corrected chi connectivity index (χ2v) is 9.34. The topological polar surface area (TPSA) is 71.2 Å². The molecule has 0 amide bonds. The van der Waals surface area contributed by atoms with Gasteiger partial charge in [-0.25, -0.2) is 9.07 Å². The number of pyridine rings is 1. The molecule has 5 nitrogen and oxygen atoms in total. The second-order valence-electron chi connectivity index (χ2n) is 9.34. The highest BCUT2D eigenvalue weighted by Gasteiger charge is 2.56. The van der Waals surface area contributed by atoms with Gasteiger partial charge in [0.15, 0.2) is 0 Å². The molecule has 1 unspecified atom stereocenters. The lowest BCUT2D eigenvalue weighted by Crippen LogP contribution is -2.46. The molecule has 0 spiro atoms. The highest BCUT2D eigenvalue weighted by molar-refractivity contribution is 5.62. The third kappa shape index (κ3) is 3.63. The molecule has 2 N–H and O–H groups in total. The fourth-order valence-corrected chi connectivity index (χ4v) is 5.28. The first-order chi connectivity index (χ1) is 16.0. The lowest BCUT2D eigenvalue weighted by Gasteiger charge is -2.43. The minimum Gasteiger partial charge on any atom is -0.389 e. The van der Waals surface area contributed by atoms with Crippen LogP contribution in [0, 0.1) is 11.2 Å². The third-order valence-electron chi connectivity index (χ3n) is 7.34. The van der Waals surface area contributed by atoms with E-state index in [9.17, 15) is 27.8 Å². The maximum Gasteiger partial charge on any atom is 0.416 e. The van der Waals surface area contributed by atoms with E-state index in [-0.39, 0.29) is 17.9 Å². The van der Waals surface area contributed by atoms with Crippen LogP contribution in [0.2, 0.25) is 0 Å². The lowest BCUT2D eigenvalue weighted by molar-refractivity contribution is -0.137. The average Bonchev–Trinajstić information content (AvgIpc) is 3.30. The molecule has 1 aromatic carbocycles. The molecular formula is C25H23F4N3O2. The number of benzene rings is 1. The van der Waals surface area contributed by atoms with E-state index in [1.807, 2.05) is 13.0 Å². The predicted octanol–water partition coefficient (Wildman–Crippen LogP) is 5.02. The van der Waals surface area contributed by atoms with Gasteiger partial charge in [-0.1, -0.05) is 12.5 Å². The Hall–Kier alpha value is -3.04. The zero-order chi connectivity index (χ0) is 24.3. The summed E-state index contributed by atoms with van der Waals surface area (Å²) in [6, 6.07) is 7.68. The lowest BCUT2D eigenvalue weighted by atomic mass is 9.65. The van der Waals surface area contributed by atoms with Crippen LogP contribution in [-0.4, -0.2) is 30.6 Å². The summed E-state index contributed by atoms with van der Waals surface area (Å²) in [5, 5.41) is 26.9. The number of aliphatic hydroxyl groups excluding tert-OH is 1. The minimum absolute atomic E-state index is 0.120. The van der Waals surface area contributed by atoms with Gasteiger partial charge in [-0.15, -0.1) is 0 Å². The summed E-state index contributed by atoms with van der Waals surface area (Å²) in [5.74, 6) is -0.342. The van der Waals surface area contributed by atoms with Crippen LogP contribution in [0.5, 0.6) is 0 Å². The first kappa shape index (κ1) is 22.7. The highest BCUT2D eigenvalue weighted by atomic mass is 19.4. The molecule has 3 atom stereocenters. The Labute approximate surface area is 193 Å². The van der Waals surface area contributed by atoms with Crippen molar-refractivity contribution in [1.29, 1.82) is 0 Å². The van der Waals surface area contributed by atoms with Gasteiger partial charge in [0.2, 0.25) is 0 Å². The van der Waals surface area contributed by atoms with E-state index in [2.05, 4.69) is 10.1 Å². The van der Waals surface area contributed by atoms with E-state index < -0.39 is 28.9 Å². The Bertz CT molecular complexity index is 1270. The molecule has 5 rings (SSSR count). The molecule has 1 fully saturated rings. The second kappa shape index (κ2) is 7.74. The van der Waals surface area contributed by atoms with Crippen LogP contribution < -0.4 is 0 Å². The fraction of sp³-hybridized carbons (Fsp3) is 0.360. The van der Waals surface area contributed by atoms with Crippen molar-refractivity contribution in [2.75, 3.05) is 0 Å². The Morgan fingerprint density at radius 2 is 1.91 bits per heavy atom. The van der Waals surface area contributed by atoms with E-state index in [1.165, 1.54) is 12.1 Å². The van der Waals surface area contributed by atoms with E-state index >= 15 is 0 Å². The Balaban J connectivity index is 1.43. The number of halogens is 4. The van der Waals surface area contributed by atoms with E-state index in [4.69, 9.17) is 0 Å². The summed E-state index contributed by atoms with van der Waals surface area (Å²) in [4.78, 5) is 3.92. The van der Waals surface area contributed by atoms with Crippen LogP contribution in [0.3, 0.4) is 0 Å². The number of alkyl halides is 3. The number of aromatic nitrogens is 3. The van der Waals surface area contributed by atoms with Gasteiger partial charge in [-0.3, -0.25) is 4.98 Å². The summed E-state index contributed by atoms with van der Waals surface area (Å²) in [6.45, 7) is 1.91. The molecule has 0 aliphatic heterocycles. The maximum absolute atomic E-state index is 13.3. The van der Waals surface area contributed by atoms with Crippen LogP contribution in [-0.2, 0) is 12.6 Å². The molecule has 0 bridgehead atoms. The van der Waals surface area contributed by atoms with E-state index in [0.29, 0.717) is 24.9 Å². The van der Waals surface area contributed by atoms with Gasteiger partial charge >= 0.3 is 6.18 Å². The van der Waals surface area contributed by atoms with Crippen molar-refractivity contribution in [2.45, 2.75) is 50.5 Å². The normalized spacial score (nSPS) is 25.0. The molecule has 2 aromatic heterocycles. The Morgan fingerprint density at radius 1 is 1.18 bits per heavy atom. The van der Waals surface area contributed by atoms with Crippen molar-refractivity contribution >= 4 is 6.08 Å². The average molecular weight is 473 g/mol. The van der Waals surface area contributed by atoms with Crippen molar-refractivity contribution in [3.63, 3.8) is 0 Å².